The lowest BCUT2D eigenvalue weighted by atomic mass is 10.1. The van der Waals surface area contributed by atoms with Gasteiger partial charge in [-0.1, -0.05) is 17.8 Å². The molecule has 0 aliphatic carbocycles. The van der Waals surface area contributed by atoms with Crippen LogP contribution in [0.2, 0.25) is 0 Å². The van der Waals surface area contributed by atoms with E-state index in [1.807, 2.05) is 0 Å². The molecule has 1 heterocycles. The van der Waals surface area contributed by atoms with E-state index >= 15 is 0 Å². The molecule has 1 amide bonds. The number of carbonyl (C=O) groups excluding carboxylic acids is 2. The van der Waals surface area contributed by atoms with Gasteiger partial charge in [-0.2, -0.15) is 0 Å². The summed E-state index contributed by atoms with van der Waals surface area (Å²) in [6.07, 6.45) is 2.07. The quantitative estimate of drug-likeness (QED) is 0.733. The van der Waals surface area contributed by atoms with Gasteiger partial charge in [-0.3, -0.25) is 9.59 Å². The second-order valence-electron chi connectivity index (χ2n) is 4.30. The van der Waals surface area contributed by atoms with E-state index < -0.39 is 12.0 Å². The third kappa shape index (κ3) is 3.87. The Kier molecular flexibility index (Phi) is 5.40. The standard InChI is InChI=1S/C12H17NO4S/c1-3-4-10(12(16)17)13-6-9(5-11(13)15)7-18-8(2)14/h3,9-10H,1,4-7H2,2H3,(H,16,17)/t9?,10-/m0/s1. The summed E-state index contributed by atoms with van der Waals surface area (Å²) in [5.41, 5.74) is 0. The number of carboxylic acids is 1. The maximum atomic E-state index is 11.8. The van der Waals surface area contributed by atoms with Crippen LogP contribution in [-0.4, -0.2) is 45.3 Å². The Morgan fingerprint density at radius 3 is 2.83 bits per heavy atom. The van der Waals surface area contributed by atoms with Crippen molar-refractivity contribution in [1.29, 1.82) is 0 Å². The van der Waals surface area contributed by atoms with Gasteiger partial charge in [0.1, 0.15) is 6.04 Å². The molecule has 1 aliphatic heterocycles. The minimum atomic E-state index is -1.01. The van der Waals surface area contributed by atoms with Crippen LogP contribution in [0.1, 0.15) is 19.8 Å². The fourth-order valence-corrected chi connectivity index (χ4v) is 2.67. The third-order valence-corrected chi connectivity index (χ3v) is 3.86. The normalized spacial score (nSPS) is 20.8. The molecule has 6 heteroatoms. The molecule has 0 aromatic rings. The summed E-state index contributed by atoms with van der Waals surface area (Å²) in [6.45, 7) is 5.40. The first-order valence-electron chi connectivity index (χ1n) is 5.72. The van der Waals surface area contributed by atoms with Gasteiger partial charge < -0.3 is 10.0 Å². The van der Waals surface area contributed by atoms with Gasteiger partial charge in [0.15, 0.2) is 5.12 Å². The number of nitrogens with zero attached hydrogens (tertiary/aromatic N) is 1. The smallest absolute Gasteiger partial charge is 0.326 e. The minimum Gasteiger partial charge on any atom is -0.480 e. The number of amides is 1. The summed E-state index contributed by atoms with van der Waals surface area (Å²) in [4.78, 5) is 35.1. The molecule has 100 valence electrons. The van der Waals surface area contributed by atoms with E-state index in [4.69, 9.17) is 5.11 Å². The van der Waals surface area contributed by atoms with Gasteiger partial charge in [-0.05, 0) is 12.3 Å². The second-order valence-corrected chi connectivity index (χ2v) is 5.49. The predicted molar refractivity (Wildman–Crippen MR) is 69.2 cm³/mol. The lowest BCUT2D eigenvalue weighted by Crippen LogP contribution is -2.42. The highest BCUT2D eigenvalue weighted by atomic mass is 32.2. The first-order chi connectivity index (χ1) is 8.45. The van der Waals surface area contributed by atoms with E-state index in [1.54, 1.807) is 0 Å². The molecule has 1 saturated heterocycles. The molecule has 0 aromatic carbocycles. The Bertz CT molecular complexity index is 369. The minimum absolute atomic E-state index is 0.0155. The van der Waals surface area contributed by atoms with Crippen molar-refractivity contribution in [3.8, 4) is 0 Å². The van der Waals surface area contributed by atoms with Crippen LogP contribution in [-0.2, 0) is 14.4 Å². The molecule has 0 saturated carbocycles. The fraction of sp³-hybridized carbons (Fsp3) is 0.583. The van der Waals surface area contributed by atoms with Crippen LogP contribution in [0.25, 0.3) is 0 Å². The van der Waals surface area contributed by atoms with Crippen molar-refractivity contribution in [1.82, 2.24) is 4.90 Å². The van der Waals surface area contributed by atoms with E-state index in [0.717, 1.165) is 0 Å². The van der Waals surface area contributed by atoms with Crippen molar-refractivity contribution in [3.05, 3.63) is 12.7 Å². The molecule has 1 fully saturated rings. The second kappa shape index (κ2) is 6.58. The van der Waals surface area contributed by atoms with Crippen LogP contribution in [0.3, 0.4) is 0 Å². The topological polar surface area (TPSA) is 74.7 Å². The molecule has 0 bridgehead atoms. The zero-order valence-corrected chi connectivity index (χ0v) is 11.1. The zero-order chi connectivity index (χ0) is 13.7. The maximum absolute atomic E-state index is 11.8. The van der Waals surface area contributed by atoms with Gasteiger partial charge in [0.2, 0.25) is 5.91 Å². The fourth-order valence-electron chi connectivity index (χ4n) is 1.98. The summed E-state index contributed by atoms with van der Waals surface area (Å²) in [6, 6.07) is -0.831. The van der Waals surface area contributed by atoms with Gasteiger partial charge >= 0.3 is 5.97 Å². The van der Waals surface area contributed by atoms with Crippen LogP contribution in [0.4, 0.5) is 0 Å². The highest BCUT2D eigenvalue weighted by molar-refractivity contribution is 8.13. The molecule has 1 aliphatic rings. The van der Waals surface area contributed by atoms with E-state index in [1.165, 1.54) is 29.7 Å². The predicted octanol–water partition coefficient (Wildman–Crippen LogP) is 1.14. The van der Waals surface area contributed by atoms with Crippen molar-refractivity contribution < 1.29 is 19.5 Å². The first kappa shape index (κ1) is 14.8. The van der Waals surface area contributed by atoms with Crippen LogP contribution < -0.4 is 0 Å². The van der Waals surface area contributed by atoms with Crippen molar-refractivity contribution >= 4 is 28.8 Å². The number of hydrogen-bond donors (Lipinski definition) is 1. The number of hydrogen-bond acceptors (Lipinski definition) is 4. The SMILES string of the molecule is C=CC[C@@H](C(=O)O)N1CC(CSC(C)=O)CC1=O. The van der Waals surface area contributed by atoms with Gasteiger partial charge in [0, 0.05) is 25.6 Å². The molecular formula is C12H17NO4S. The summed E-state index contributed by atoms with van der Waals surface area (Å²) in [5.74, 6) is -0.544. The molecule has 0 spiro atoms. The van der Waals surface area contributed by atoms with Crippen molar-refractivity contribution in [2.45, 2.75) is 25.8 Å². The van der Waals surface area contributed by atoms with Crippen molar-refractivity contribution in [3.63, 3.8) is 0 Å². The molecule has 1 N–H and O–H groups in total. The number of thioether (sulfide) groups is 1. The largest absolute Gasteiger partial charge is 0.480 e. The lowest BCUT2D eigenvalue weighted by Gasteiger charge is -2.23. The van der Waals surface area contributed by atoms with E-state index in [9.17, 15) is 14.4 Å². The number of carboxylic acid groups (broad SMARTS) is 1. The molecule has 0 aromatic heterocycles. The Morgan fingerprint density at radius 1 is 1.67 bits per heavy atom. The summed E-state index contributed by atoms with van der Waals surface area (Å²) < 4.78 is 0. The Morgan fingerprint density at radius 2 is 2.33 bits per heavy atom. The number of likely N-dealkylation sites (tertiary alicyclic amines) is 1. The summed E-state index contributed by atoms with van der Waals surface area (Å²) in [5, 5.41) is 9.10. The van der Waals surface area contributed by atoms with Crippen molar-refractivity contribution in [2.75, 3.05) is 12.3 Å². The highest BCUT2D eigenvalue weighted by Crippen LogP contribution is 2.25. The van der Waals surface area contributed by atoms with E-state index in [0.29, 0.717) is 18.7 Å². The van der Waals surface area contributed by atoms with Gasteiger partial charge in [-0.15, -0.1) is 6.58 Å². The summed E-state index contributed by atoms with van der Waals surface area (Å²) >= 11 is 1.18. The number of rotatable bonds is 6. The van der Waals surface area contributed by atoms with Crippen LogP contribution in [0.5, 0.6) is 0 Å². The molecule has 1 unspecified atom stereocenters. The van der Waals surface area contributed by atoms with Crippen molar-refractivity contribution in [2.24, 2.45) is 5.92 Å². The monoisotopic (exact) mass is 271 g/mol. The average Bonchev–Trinajstić information content (AvgIpc) is 2.64. The van der Waals surface area contributed by atoms with E-state index in [2.05, 4.69) is 6.58 Å². The van der Waals surface area contributed by atoms with Gasteiger partial charge in [0.25, 0.3) is 0 Å². The molecule has 0 radical (unpaired) electrons. The Hall–Kier alpha value is -1.30. The molecule has 5 nitrogen and oxygen atoms in total. The van der Waals surface area contributed by atoms with Crippen LogP contribution in [0.15, 0.2) is 12.7 Å². The number of carbonyl (C=O) groups is 3. The highest BCUT2D eigenvalue weighted by Gasteiger charge is 2.36. The van der Waals surface area contributed by atoms with Crippen LogP contribution >= 0.6 is 11.8 Å². The third-order valence-electron chi connectivity index (χ3n) is 2.81. The summed E-state index contributed by atoms with van der Waals surface area (Å²) in [7, 11) is 0. The van der Waals surface area contributed by atoms with Gasteiger partial charge in [0.05, 0.1) is 0 Å². The molecule has 1 rings (SSSR count). The van der Waals surface area contributed by atoms with Crippen LogP contribution in [0, 0.1) is 5.92 Å². The van der Waals surface area contributed by atoms with Gasteiger partial charge in [-0.25, -0.2) is 4.79 Å². The molecular weight excluding hydrogens is 254 g/mol. The molecule has 2 atom stereocenters. The Balaban J connectivity index is 2.62. The lowest BCUT2D eigenvalue weighted by molar-refractivity contribution is -0.148. The average molecular weight is 271 g/mol. The molecule has 18 heavy (non-hydrogen) atoms. The van der Waals surface area contributed by atoms with E-state index in [-0.39, 0.29) is 23.4 Å². The Labute approximate surface area is 110 Å². The first-order valence-corrected chi connectivity index (χ1v) is 6.70. The number of aliphatic carboxylic acids is 1. The maximum Gasteiger partial charge on any atom is 0.326 e. The zero-order valence-electron chi connectivity index (χ0n) is 10.3.